The topological polar surface area (TPSA) is 49.4 Å². The molecule has 0 aromatic heterocycles. The van der Waals surface area contributed by atoms with Crippen LogP contribution < -0.4 is 34.7 Å². The van der Waals surface area contributed by atoms with Crippen molar-refractivity contribution in [2.45, 2.75) is 12.2 Å². The Balaban J connectivity index is 0.00000180. The minimum atomic E-state index is -1.24. The monoisotopic (exact) mass is 372 g/mol. The molecule has 2 aliphatic rings. The molecule has 0 N–H and O–H groups in total. The van der Waals surface area contributed by atoms with Gasteiger partial charge in [-0.25, -0.2) is 8.78 Å². The van der Waals surface area contributed by atoms with Gasteiger partial charge in [0.1, 0.15) is 23.8 Å². The minimum absolute atomic E-state index is 0. The fourth-order valence-corrected chi connectivity index (χ4v) is 3.86. The molecule has 27 heavy (non-hydrogen) atoms. The average molecular weight is 372 g/mol. The van der Waals surface area contributed by atoms with Crippen molar-refractivity contribution in [2.75, 3.05) is 0 Å². The van der Waals surface area contributed by atoms with Gasteiger partial charge in [-0.3, -0.25) is 0 Å². The van der Waals surface area contributed by atoms with Crippen molar-refractivity contribution in [3.05, 3.63) is 94.0 Å². The number of carboxylic acid groups (broad SMARTS) is 1. The van der Waals surface area contributed by atoms with Crippen LogP contribution in [0.25, 0.3) is 11.1 Å². The number of carboxylic acids is 1. The van der Waals surface area contributed by atoms with Gasteiger partial charge in [-0.15, -0.1) is 0 Å². The number of ether oxygens (including phenoxy) is 1. The van der Waals surface area contributed by atoms with E-state index >= 15 is 0 Å². The van der Waals surface area contributed by atoms with Crippen molar-refractivity contribution in [1.82, 2.24) is 0 Å². The van der Waals surface area contributed by atoms with Crippen molar-refractivity contribution in [3.8, 4) is 11.1 Å². The number of fused-ring (bicyclic) bond motifs is 8. The van der Waals surface area contributed by atoms with E-state index in [0.717, 1.165) is 28.3 Å². The second-order valence-electron chi connectivity index (χ2n) is 6.50. The summed E-state index contributed by atoms with van der Waals surface area (Å²) in [4.78, 5) is 11.1. The fourth-order valence-electron chi connectivity index (χ4n) is 3.86. The van der Waals surface area contributed by atoms with Crippen molar-refractivity contribution in [3.63, 3.8) is 0 Å². The molecule has 0 saturated heterocycles. The van der Waals surface area contributed by atoms with Crippen LogP contribution in [-0.4, -0.2) is 5.97 Å². The summed E-state index contributed by atoms with van der Waals surface area (Å²) in [6, 6.07) is 13.8. The van der Waals surface area contributed by atoms with E-state index in [1.165, 1.54) is 18.2 Å². The first-order valence-corrected chi connectivity index (χ1v) is 8.13. The van der Waals surface area contributed by atoms with Crippen molar-refractivity contribution >= 4 is 5.97 Å². The van der Waals surface area contributed by atoms with Crippen molar-refractivity contribution in [1.29, 1.82) is 0 Å². The Morgan fingerprint density at radius 2 is 1.52 bits per heavy atom. The van der Waals surface area contributed by atoms with Gasteiger partial charge in [0.2, 0.25) is 0 Å². The van der Waals surface area contributed by atoms with Gasteiger partial charge in [0.05, 0.1) is 5.97 Å². The molecule has 0 radical (unpaired) electrons. The first-order valence-electron chi connectivity index (χ1n) is 8.13. The van der Waals surface area contributed by atoms with Gasteiger partial charge in [-0.05, 0) is 57.6 Å². The van der Waals surface area contributed by atoms with Crippen LogP contribution in [0.5, 0.6) is 0 Å². The molecule has 5 rings (SSSR count). The summed E-state index contributed by atoms with van der Waals surface area (Å²) in [7, 11) is 0. The molecule has 3 aromatic rings. The first-order chi connectivity index (χ1) is 12.5. The van der Waals surface area contributed by atoms with Gasteiger partial charge < -0.3 is 14.6 Å². The zero-order valence-electron chi connectivity index (χ0n) is 14.3. The maximum Gasteiger partial charge on any atom is 1.00 e. The molecule has 6 heteroatoms. The second kappa shape index (κ2) is 6.53. The Kier molecular flexibility index (Phi) is 4.43. The third kappa shape index (κ3) is 2.74. The summed E-state index contributed by atoms with van der Waals surface area (Å²) in [5, 5.41) is 11.1. The van der Waals surface area contributed by atoms with E-state index in [1.807, 2.05) is 12.1 Å². The fraction of sp³-hybridized carbons (Fsp3) is 0.0952. The zero-order chi connectivity index (χ0) is 18.0. The number of hydrogen-bond donors (Lipinski definition) is 0. The molecule has 2 atom stereocenters. The van der Waals surface area contributed by atoms with Crippen LogP contribution in [0.15, 0.2) is 54.6 Å². The first kappa shape index (κ1) is 18.3. The van der Waals surface area contributed by atoms with Crippen LogP contribution in [0.4, 0.5) is 8.78 Å². The summed E-state index contributed by atoms with van der Waals surface area (Å²) in [6.07, 6.45) is -0.652. The molecule has 3 aromatic carbocycles. The standard InChI is InChI=1S/C21H12F2O3.Na/c22-12-3-6-13(18(23)9-12)10-1-4-14-16(7-10)20-17-8-11(21(24)25)2-5-15(17)19(14)26-20;/h1-9,19-20H,(H,24,25);/q;+1/p-1. The third-order valence-corrected chi connectivity index (χ3v) is 5.05. The zero-order valence-corrected chi connectivity index (χ0v) is 16.3. The molecule has 3 nitrogen and oxygen atoms in total. The summed E-state index contributed by atoms with van der Waals surface area (Å²) in [5.41, 5.74) is 4.61. The molecule has 2 bridgehead atoms. The summed E-state index contributed by atoms with van der Waals surface area (Å²) < 4.78 is 33.3. The molecule has 0 saturated carbocycles. The summed E-state index contributed by atoms with van der Waals surface area (Å²) >= 11 is 0. The number of rotatable bonds is 2. The smallest absolute Gasteiger partial charge is 0.545 e. The molecular weight excluding hydrogens is 361 g/mol. The second-order valence-corrected chi connectivity index (χ2v) is 6.50. The number of carbonyl (C=O) groups excluding carboxylic acids is 1. The minimum Gasteiger partial charge on any atom is -0.545 e. The van der Waals surface area contributed by atoms with E-state index in [2.05, 4.69) is 0 Å². The van der Waals surface area contributed by atoms with Gasteiger partial charge in [0, 0.05) is 11.6 Å². The predicted molar refractivity (Wildman–Crippen MR) is 87.3 cm³/mol. The normalized spacial score (nSPS) is 18.6. The maximum atomic E-state index is 14.1. The molecular formula is C21H11F2NaO3. The Morgan fingerprint density at radius 3 is 2.22 bits per heavy atom. The molecule has 0 aliphatic carbocycles. The van der Waals surface area contributed by atoms with Crippen molar-refractivity contribution in [2.24, 2.45) is 0 Å². The van der Waals surface area contributed by atoms with E-state index < -0.39 is 23.7 Å². The molecule has 2 aliphatic heterocycles. The van der Waals surface area contributed by atoms with E-state index in [1.54, 1.807) is 18.2 Å². The third-order valence-electron chi connectivity index (χ3n) is 5.05. The molecule has 0 spiro atoms. The summed E-state index contributed by atoms with van der Waals surface area (Å²) in [6.45, 7) is 0. The SMILES string of the molecule is O=C([O-])c1ccc2c(c1)C1OC2c2ccc(-c3ccc(F)cc3F)cc21.[Na+]. The average Bonchev–Trinajstić information content (AvgIpc) is 3.18. The summed E-state index contributed by atoms with van der Waals surface area (Å²) in [5.74, 6) is -2.50. The van der Waals surface area contributed by atoms with Crippen molar-refractivity contribution < 1.29 is 53.0 Å². The number of benzene rings is 3. The number of aromatic carboxylic acids is 1. The molecule has 128 valence electrons. The Hall–Kier alpha value is -2.05. The van der Waals surface area contributed by atoms with Crippen LogP contribution in [-0.2, 0) is 4.74 Å². The van der Waals surface area contributed by atoms with E-state index in [0.29, 0.717) is 11.1 Å². The van der Waals surface area contributed by atoms with Crippen LogP contribution in [0.2, 0.25) is 0 Å². The van der Waals surface area contributed by atoms with E-state index in [9.17, 15) is 18.7 Å². The Morgan fingerprint density at radius 1 is 0.852 bits per heavy atom. The molecule has 0 fully saturated rings. The van der Waals surface area contributed by atoms with Gasteiger partial charge >= 0.3 is 29.6 Å². The maximum absolute atomic E-state index is 14.1. The molecule has 2 heterocycles. The van der Waals surface area contributed by atoms with Crippen LogP contribution >= 0.6 is 0 Å². The molecule has 0 amide bonds. The predicted octanol–water partition coefficient (Wildman–Crippen LogP) is 0.522. The van der Waals surface area contributed by atoms with Gasteiger partial charge in [-0.2, -0.15) is 0 Å². The largest absolute Gasteiger partial charge is 1.00 e. The Bertz CT molecular complexity index is 1100. The van der Waals surface area contributed by atoms with Crippen LogP contribution in [0.1, 0.15) is 44.8 Å². The quantitative estimate of drug-likeness (QED) is 0.617. The number of halogens is 2. The number of hydrogen-bond acceptors (Lipinski definition) is 3. The van der Waals surface area contributed by atoms with Gasteiger partial charge in [0.25, 0.3) is 0 Å². The van der Waals surface area contributed by atoms with Gasteiger partial charge in [-0.1, -0.05) is 24.3 Å². The Labute approximate surface area is 175 Å². The van der Waals surface area contributed by atoms with Gasteiger partial charge in [0.15, 0.2) is 0 Å². The van der Waals surface area contributed by atoms with Crippen LogP contribution in [0, 0.1) is 11.6 Å². The number of carbonyl (C=O) groups is 1. The van der Waals surface area contributed by atoms with Crippen LogP contribution in [0.3, 0.4) is 0 Å². The van der Waals surface area contributed by atoms with E-state index in [4.69, 9.17) is 4.74 Å². The molecule has 2 unspecified atom stereocenters. The van der Waals surface area contributed by atoms with E-state index in [-0.39, 0.29) is 41.2 Å².